The van der Waals surface area contributed by atoms with Crippen molar-refractivity contribution in [3.63, 3.8) is 0 Å². The van der Waals surface area contributed by atoms with Gasteiger partial charge < -0.3 is 14.8 Å². The summed E-state index contributed by atoms with van der Waals surface area (Å²) >= 11 is 2.78. The molecule has 3 heterocycles. The molecular formula is C18H19N3O4S2. The molecule has 1 N–H and O–H groups in total. The van der Waals surface area contributed by atoms with Crippen molar-refractivity contribution in [2.75, 3.05) is 18.5 Å². The highest BCUT2D eigenvalue weighted by Crippen LogP contribution is 2.37. The molecule has 0 amide bonds. The predicted molar refractivity (Wildman–Crippen MR) is 106 cm³/mol. The van der Waals surface area contributed by atoms with Crippen LogP contribution in [0.5, 0.6) is 0 Å². The maximum atomic E-state index is 12.4. The topological polar surface area (TPSA) is 90.4 Å². The molecule has 3 aromatic rings. The third-order valence-electron chi connectivity index (χ3n) is 3.96. The number of anilines is 2. The molecule has 0 fully saturated rings. The Balaban J connectivity index is 2.08. The van der Waals surface area contributed by atoms with Gasteiger partial charge in [-0.25, -0.2) is 19.6 Å². The number of fused-ring (bicyclic) bond motifs is 1. The zero-order valence-electron chi connectivity index (χ0n) is 15.4. The van der Waals surface area contributed by atoms with Crippen LogP contribution in [0.2, 0.25) is 0 Å². The summed E-state index contributed by atoms with van der Waals surface area (Å²) in [4.78, 5) is 34.9. The minimum Gasteiger partial charge on any atom is -0.462 e. The molecule has 0 aliphatic rings. The van der Waals surface area contributed by atoms with Gasteiger partial charge in [0.2, 0.25) is 0 Å². The summed E-state index contributed by atoms with van der Waals surface area (Å²) in [6.07, 6.45) is 1.42. The van der Waals surface area contributed by atoms with E-state index in [1.54, 1.807) is 19.2 Å². The van der Waals surface area contributed by atoms with Crippen LogP contribution in [0.3, 0.4) is 0 Å². The monoisotopic (exact) mass is 405 g/mol. The number of ether oxygens (including phenoxy) is 2. The highest BCUT2D eigenvalue weighted by Gasteiger charge is 2.23. The fourth-order valence-corrected chi connectivity index (χ4v) is 4.52. The first-order chi connectivity index (χ1) is 13.0. The van der Waals surface area contributed by atoms with E-state index < -0.39 is 5.97 Å². The van der Waals surface area contributed by atoms with Gasteiger partial charge in [-0.3, -0.25) is 0 Å². The van der Waals surface area contributed by atoms with Gasteiger partial charge in [-0.15, -0.1) is 22.7 Å². The molecule has 0 aliphatic carbocycles. The number of carbonyl (C=O) groups excluding carboxylic acids is 2. The number of hydrogen-bond donors (Lipinski definition) is 1. The maximum Gasteiger partial charge on any atom is 0.341 e. The highest BCUT2D eigenvalue weighted by atomic mass is 32.1. The van der Waals surface area contributed by atoms with Crippen LogP contribution in [0.15, 0.2) is 11.7 Å². The smallest absolute Gasteiger partial charge is 0.341 e. The van der Waals surface area contributed by atoms with E-state index in [2.05, 4.69) is 15.3 Å². The van der Waals surface area contributed by atoms with Crippen LogP contribution in [0, 0.1) is 13.8 Å². The van der Waals surface area contributed by atoms with Crippen LogP contribution in [0.25, 0.3) is 10.2 Å². The minimum atomic E-state index is -0.425. The molecule has 3 aromatic heterocycles. The van der Waals surface area contributed by atoms with Crippen LogP contribution >= 0.6 is 22.7 Å². The van der Waals surface area contributed by atoms with E-state index in [-0.39, 0.29) is 12.6 Å². The quantitative estimate of drug-likeness (QED) is 0.605. The predicted octanol–water partition coefficient (Wildman–Crippen LogP) is 4.47. The Morgan fingerprint density at radius 1 is 1.11 bits per heavy atom. The van der Waals surface area contributed by atoms with Crippen molar-refractivity contribution in [2.45, 2.75) is 27.7 Å². The summed E-state index contributed by atoms with van der Waals surface area (Å²) < 4.78 is 10.3. The normalized spacial score (nSPS) is 10.8. The molecule has 7 nitrogen and oxygen atoms in total. The second-order valence-electron chi connectivity index (χ2n) is 5.61. The molecule has 9 heteroatoms. The standard InChI is InChI=1S/C18H19N3O4S2/c1-5-24-17(22)11-7-26-15-13(11)14(19-8-20-15)21-16-12(18(23)25-6-2)9(3)10(4)27-16/h7-8H,5-6H2,1-4H3,(H,19,20,21). The lowest BCUT2D eigenvalue weighted by molar-refractivity contribution is 0.0518. The molecule has 0 unspecified atom stereocenters. The highest BCUT2D eigenvalue weighted by molar-refractivity contribution is 7.17. The SMILES string of the molecule is CCOC(=O)c1c(Nc2ncnc3scc(C(=O)OCC)c23)sc(C)c1C. The minimum absolute atomic E-state index is 0.281. The molecule has 0 aromatic carbocycles. The fraction of sp³-hybridized carbons (Fsp3) is 0.333. The molecule has 27 heavy (non-hydrogen) atoms. The van der Waals surface area contributed by atoms with E-state index in [4.69, 9.17) is 9.47 Å². The lowest BCUT2D eigenvalue weighted by Gasteiger charge is -2.09. The number of nitrogens with one attached hydrogen (secondary N) is 1. The van der Waals surface area contributed by atoms with Crippen molar-refractivity contribution < 1.29 is 19.1 Å². The number of aryl methyl sites for hydroxylation is 1. The third-order valence-corrected chi connectivity index (χ3v) is 5.97. The van der Waals surface area contributed by atoms with E-state index in [0.29, 0.717) is 38.8 Å². The molecule has 3 rings (SSSR count). The zero-order chi connectivity index (χ0) is 19.6. The summed E-state index contributed by atoms with van der Waals surface area (Å²) in [6.45, 7) is 7.92. The first-order valence-corrected chi connectivity index (χ1v) is 10.1. The van der Waals surface area contributed by atoms with Crippen molar-refractivity contribution in [2.24, 2.45) is 0 Å². The molecule has 0 aliphatic heterocycles. The van der Waals surface area contributed by atoms with E-state index in [1.807, 2.05) is 13.8 Å². The first-order valence-electron chi connectivity index (χ1n) is 8.41. The van der Waals surface area contributed by atoms with Crippen molar-refractivity contribution in [1.29, 1.82) is 0 Å². The molecule has 0 spiro atoms. The van der Waals surface area contributed by atoms with Gasteiger partial charge in [0, 0.05) is 10.3 Å². The molecule has 0 radical (unpaired) electrons. The number of aromatic nitrogens is 2. The van der Waals surface area contributed by atoms with Crippen LogP contribution in [0.1, 0.15) is 45.0 Å². The number of esters is 2. The zero-order valence-corrected chi connectivity index (χ0v) is 17.0. The van der Waals surface area contributed by atoms with Gasteiger partial charge in [-0.2, -0.15) is 0 Å². The summed E-state index contributed by atoms with van der Waals surface area (Å²) in [6, 6.07) is 0. The first kappa shape index (κ1) is 19.2. The van der Waals surface area contributed by atoms with E-state index >= 15 is 0 Å². The van der Waals surface area contributed by atoms with Gasteiger partial charge >= 0.3 is 11.9 Å². The van der Waals surface area contributed by atoms with Crippen molar-refractivity contribution in [1.82, 2.24) is 9.97 Å². The van der Waals surface area contributed by atoms with Crippen LogP contribution < -0.4 is 5.32 Å². The van der Waals surface area contributed by atoms with Crippen LogP contribution in [-0.2, 0) is 9.47 Å². The second-order valence-corrected chi connectivity index (χ2v) is 7.69. The molecule has 0 saturated heterocycles. The number of hydrogen-bond acceptors (Lipinski definition) is 9. The Morgan fingerprint density at radius 2 is 1.81 bits per heavy atom. The van der Waals surface area contributed by atoms with Crippen LogP contribution in [0.4, 0.5) is 10.8 Å². The van der Waals surface area contributed by atoms with E-state index in [0.717, 1.165) is 10.4 Å². The van der Waals surface area contributed by atoms with Crippen LogP contribution in [-0.4, -0.2) is 35.1 Å². The van der Waals surface area contributed by atoms with Crippen molar-refractivity contribution in [3.05, 3.63) is 33.3 Å². The number of nitrogens with zero attached hydrogens (tertiary/aromatic N) is 2. The maximum absolute atomic E-state index is 12.4. The molecule has 0 bridgehead atoms. The average molecular weight is 406 g/mol. The van der Waals surface area contributed by atoms with Gasteiger partial charge in [-0.1, -0.05) is 0 Å². The molecule has 0 atom stereocenters. The number of rotatable bonds is 6. The Labute approximate surface area is 164 Å². The largest absolute Gasteiger partial charge is 0.462 e. The fourth-order valence-electron chi connectivity index (χ4n) is 2.60. The Morgan fingerprint density at radius 3 is 2.52 bits per heavy atom. The van der Waals surface area contributed by atoms with Gasteiger partial charge in [0.05, 0.1) is 29.7 Å². The lowest BCUT2D eigenvalue weighted by Crippen LogP contribution is -2.08. The summed E-state index contributed by atoms with van der Waals surface area (Å²) in [7, 11) is 0. The van der Waals surface area contributed by atoms with Crippen molar-refractivity contribution in [3.8, 4) is 0 Å². The number of carbonyl (C=O) groups is 2. The summed E-state index contributed by atoms with van der Waals surface area (Å²) in [5.41, 5.74) is 1.75. The third kappa shape index (κ3) is 3.65. The lowest BCUT2D eigenvalue weighted by atomic mass is 10.1. The van der Waals surface area contributed by atoms with E-state index in [1.165, 1.54) is 29.0 Å². The second kappa shape index (κ2) is 8.01. The molecule has 142 valence electrons. The van der Waals surface area contributed by atoms with Gasteiger partial charge in [-0.05, 0) is 33.3 Å². The van der Waals surface area contributed by atoms with Gasteiger partial charge in [0.15, 0.2) is 0 Å². The number of thiophene rings is 2. The Bertz CT molecular complexity index is 1010. The molecular weight excluding hydrogens is 386 g/mol. The molecule has 0 saturated carbocycles. The summed E-state index contributed by atoms with van der Waals surface area (Å²) in [5, 5.41) is 6.13. The Hall–Kier alpha value is -2.52. The summed E-state index contributed by atoms with van der Waals surface area (Å²) in [5.74, 6) is -0.357. The average Bonchev–Trinajstić information content (AvgIpc) is 3.18. The van der Waals surface area contributed by atoms with E-state index in [9.17, 15) is 9.59 Å². The Kier molecular flexibility index (Phi) is 5.71. The van der Waals surface area contributed by atoms with Gasteiger partial charge in [0.1, 0.15) is 22.0 Å². The van der Waals surface area contributed by atoms with Crippen molar-refractivity contribution >= 4 is 55.6 Å². The van der Waals surface area contributed by atoms with Gasteiger partial charge in [0.25, 0.3) is 0 Å².